The van der Waals surface area contributed by atoms with E-state index in [2.05, 4.69) is 47.3 Å². The first kappa shape index (κ1) is 10.5. The van der Waals surface area contributed by atoms with Gasteiger partial charge < -0.3 is 0 Å². The quantitative estimate of drug-likeness (QED) is 0.539. The normalized spacial score (nSPS) is 15.3. The summed E-state index contributed by atoms with van der Waals surface area (Å²) in [7, 11) is 0. The molecule has 0 N–H and O–H groups in total. The minimum atomic E-state index is 0.659. The lowest BCUT2D eigenvalue weighted by atomic mass is 9.94. The zero-order valence-electron chi connectivity index (χ0n) is 8.44. The van der Waals surface area contributed by atoms with Crippen molar-refractivity contribution in [2.75, 3.05) is 0 Å². The van der Waals surface area contributed by atoms with Crippen LogP contribution in [-0.4, -0.2) is 0 Å². The van der Waals surface area contributed by atoms with Crippen molar-refractivity contribution in [3.63, 3.8) is 0 Å². The molecule has 0 aliphatic rings. The van der Waals surface area contributed by atoms with Gasteiger partial charge in [0.15, 0.2) is 0 Å². The van der Waals surface area contributed by atoms with Crippen molar-refractivity contribution in [1.82, 2.24) is 0 Å². The minimum Gasteiger partial charge on any atom is -0.0959 e. The molecule has 0 rings (SSSR count). The van der Waals surface area contributed by atoms with Crippen LogP contribution >= 0.6 is 0 Å². The first-order valence-electron chi connectivity index (χ1n) is 4.29. The van der Waals surface area contributed by atoms with Crippen molar-refractivity contribution in [2.45, 2.75) is 34.6 Å². The van der Waals surface area contributed by atoms with Crippen molar-refractivity contribution in [3.8, 4) is 0 Å². The van der Waals surface area contributed by atoms with E-state index in [9.17, 15) is 0 Å². The zero-order valence-corrected chi connectivity index (χ0v) is 8.44. The van der Waals surface area contributed by atoms with Crippen molar-refractivity contribution >= 4 is 0 Å². The smallest absolute Gasteiger partial charge is 0.0233 e. The van der Waals surface area contributed by atoms with E-state index in [1.807, 2.05) is 0 Å². The maximum Gasteiger partial charge on any atom is -0.0233 e. The van der Waals surface area contributed by atoms with E-state index in [1.54, 1.807) is 0 Å². The Morgan fingerprint density at radius 3 is 1.91 bits per heavy atom. The Balaban J connectivity index is 4.19. The molecule has 0 radical (unpaired) electrons. The lowest BCUT2D eigenvalue weighted by Gasteiger charge is -2.11. The maximum absolute atomic E-state index is 3.90. The van der Waals surface area contributed by atoms with Crippen molar-refractivity contribution in [1.29, 1.82) is 0 Å². The molecule has 0 aliphatic heterocycles. The van der Waals surface area contributed by atoms with Crippen molar-refractivity contribution in [2.24, 2.45) is 11.8 Å². The second kappa shape index (κ2) is 4.38. The summed E-state index contributed by atoms with van der Waals surface area (Å²) < 4.78 is 0. The molecule has 0 spiro atoms. The fourth-order valence-corrected chi connectivity index (χ4v) is 0.729. The van der Waals surface area contributed by atoms with Crippen LogP contribution in [0.3, 0.4) is 0 Å². The van der Waals surface area contributed by atoms with E-state index in [0.717, 1.165) is 5.92 Å². The molecule has 0 saturated carbocycles. The summed E-state index contributed by atoms with van der Waals surface area (Å²) in [4.78, 5) is 0. The molecule has 11 heavy (non-hydrogen) atoms. The standard InChI is InChI=1S/C11H20/c1-8(2)10(5)7-11(6)9(3)4/h7,9,11H,1H2,2-6H3. The van der Waals surface area contributed by atoms with Gasteiger partial charge in [-0.15, -0.1) is 0 Å². The molecule has 0 aromatic rings. The Morgan fingerprint density at radius 2 is 1.64 bits per heavy atom. The predicted octanol–water partition coefficient (Wildman–Crippen LogP) is 3.80. The SMILES string of the molecule is C=C(C)C(C)=CC(C)C(C)C. The molecular weight excluding hydrogens is 132 g/mol. The van der Waals surface area contributed by atoms with Gasteiger partial charge in [0.25, 0.3) is 0 Å². The van der Waals surface area contributed by atoms with Gasteiger partial charge in [0.1, 0.15) is 0 Å². The summed E-state index contributed by atoms with van der Waals surface area (Å²) in [5.74, 6) is 1.39. The van der Waals surface area contributed by atoms with Gasteiger partial charge in [0.05, 0.1) is 0 Å². The number of allylic oxidation sites excluding steroid dienone is 3. The molecule has 0 aromatic heterocycles. The van der Waals surface area contributed by atoms with Gasteiger partial charge in [-0.3, -0.25) is 0 Å². The average molecular weight is 152 g/mol. The molecule has 0 bridgehead atoms. The van der Waals surface area contributed by atoms with Crippen LogP contribution < -0.4 is 0 Å². The van der Waals surface area contributed by atoms with Crippen LogP contribution in [0.2, 0.25) is 0 Å². The van der Waals surface area contributed by atoms with E-state index in [-0.39, 0.29) is 0 Å². The van der Waals surface area contributed by atoms with Gasteiger partial charge in [-0.25, -0.2) is 0 Å². The lowest BCUT2D eigenvalue weighted by Crippen LogP contribution is -2.00. The molecule has 64 valence electrons. The van der Waals surface area contributed by atoms with Gasteiger partial charge >= 0.3 is 0 Å². The number of hydrogen-bond acceptors (Lipinski definition) is 0. The largest absolute Gasteiger partial charge is 0.0959 e. The summed E-state index contributed by atoms with van der Waals surface area (Å²) >= 11 is 0. The Kier molecular flexibility index (Phi) is 4.17. The summed E-state index contributed by atoms with van der Waals surface area (Å²) in [6, 6.07) is 0. The van der Waals surface area contributed by atoms with Crippen LogP contribution in [0.15, 0.2) is 23.8 Å². The van der Waals surface area contributed by atoms with E-state index in [4.69, 9.17) is 0 Å². The molecule has 0 heterocycles. The molecule has 0 fully saturated rings. The van der Waals surface area contributed by atoms with E-state index in [1.165, 1.54) is 11.1 Å². The zero-order chi connectivity index (χ0) is 9.02. The third kappa shape index (κ3) is 4.02. The highest BCUT2D eigenvalue weighted by atomic mass is 14.1. The van der Waals surface area contributed by atoms with Crippen molar-refractivity contribution in [3.05, 3.63) is 23.8 Å². The summed E-state index contributed by atoms with van der Waals surface area (Å²) in [6.45, 7) is 14.8. The van der Waals surface area contributed by atoms with Crippen LogP contribution in [0, 0.1) is 11.8 Å². The summed E-state index contributed by atoms with van der Waals surface area (Å²) in [6.07, 6.45) is 2.30. The summed E-state index contributed by atoms with van der Waals surface area (Å²) in [5.41, 5.74) is 2.50. The average Bonchev–Trinajstić information content (AvgIpc) is 1.87. The first-order valence-corrected chi connectivity index (χ1v) is 4.29. The second-order valence-corrected chi connectivity index (χ2v) is 3.73. The molecule has 0 aliphatic carbocycles. The van der Waals surface area contributed by atoms with Crippen LogP contribution in [0.25, 0.3) is 0 Å². The Morgan fingerprint density at radius 1 is 1.18 bits per heavy atom. The fourth-order valence-electron chi connectivity index (χ4n) is 0.729. The molecule has 1 unspecified atom stereocenters. The van der Waals surface area contributed by atoms with Crippen molar-refractivity contribution < 1.29 is 0 Å². The predicted molar refractivity (Wildman–Crippen MR) is 52.6 cm³/mol. The molecule has 0 heteroatoms. The molecule has 1 atom stereocenters. The van der Waals surface area contributed by atoms with Gasteiger partial charge in [-0.1, -0.05) is 44.6 Å². The highest BCUT2D eigenvalue weighted by molar-refractivity contribution is 5.24. The minimum absolute atomic E-state index is 0.659. The van der Waals surface area contributed by atoms with Gasteiger partial charge in [-0.05, 0) is 25.7 Å². The van der Waals surface area contributed by atoms with E-state index < -0.39 is 0 Å². The molecule has 0 nitrogen and oxygen atoms in total. The van der Waals surface area contributed by atoms with Crippen LogP contribution in [0.5, 0.6) is 0 Å². The monoisotopic (exact) mass is 152 g/mol. The highest BCUT2D eigenvalue weighted by Gasteiger charge is 2.03. The molecule has 0 aromatic carbocycles. The number of hydrogen-bond donors (Lipinski definition) is 0. The van der Waals surface area contributed by atoms with E-state index in [0.29, 0.717) is 5.92 Å². The lowest BCUT2D eigenvalue weighted by molar-refractivity contribution is 0.502. The topological polar surface area (TPSA) is 0 Å². The van der Waals surface area contributed by atoms with Crippen LogP contribution in [-0.2, 0) is 0 Å². The first-order chi connectivity index (χ1) is 4.95. The second-order valence-electron chi connectivity index (χ2n) is 3.73. The van der Waals surface area contributed by atoms with Gasteiger partial charge in [0.2, 0.25) is 0 Å². The molecular formula is C11H20. The van der Waals surface area contributed by atoms with Crippen LogP contribution in [0.4, 0.5) is 0 Å². The van der Waals surface area contributed by atoms with E-state index >= 15 is 0 Å². The Bertz CT molecular complexity index is 161. The molecule has 0 saturated heterocycles. The van der Waals surface area contributed by atoms with Gasteiger partial charge in [-0.2, -0.15) is 0 Å². The fraction of sp³-hybridized carbons (Fsp3) is 0.636. The maximum atomic E-state index is 3.90. The third-order valence-electron chi connectivity index (χ3n) is 2.24. The third-order valence-corrected chi connectivity index (χ3v) is 2.24. The van der Waals surface area contributed by atoms with Crippen LogP contribution in [0.1, 0.15) is 34.6 Å². The highest BCUT2D eigenvalue weighted by Crippen LogP contribution is 2.16. The summed E-state index contributed by atoms with van der Waals surface area (Å²) in [5, 5.41) is 0. The Labute approximate surface area is 71.0 Å². The number of rotatable bonds is 3. The molecule has 0 amide bonds. The Hall–Kier alpha value is -0.520. The van der Waals surface area contributed by atoms with Gasteiger partial charge in [0, 0.05) is 0 Å².